The van der Waals surface area contributed by atoms with Gasteiger partial charge < -0.3 is 10.6 Å². The Hall–Kier alpha value is -3.25. The van der Waals surface area contributed by atoms with Gasteiger partial charge in [0.25, 0.3) is 0 Å². The van der Waals surface area contributed by atoms with Gasteiger partial charge >= 0.3 is 11.8 Å². The molecular weight excluding hydrogens is 388 g/mol. The van der Waals surface area contributed by atoms with E-state index >= 15 is 0 Å². The van der Waals surface area contributed by atoms with Gasteiger partial charge in [-0.15, -0.1) is 0 Å². The number of piperidine rings is 1. The first-order valence-electron chi connectivity index (χ1n) is 10.8. The highest BCUT2D eigenvalue weighted by atomic mass is 16.2. The van der Waals surface area contributed by atoms with E-state index in [-0.39, 0.29) is 0 Å². The van der Waals surface area contributed by atoms with E-state index in [9.17, 15) is 9.59 Å². The Balaban J connectivity index is 1.35. The Morgan fingerprint density at radius 2 is 1.84 bits per heavy atom. The van der Waals surface area contributed by atoms with Crippen LogP contribution in [-0.4, -0.2) is 34.8 Å². The van der Waals surface area contributed by atoms with Gasteiger partial charge in [0.05, 0.1) is 17.4 Å². The molecule has 2 aromatic carbocycles. The van der Waals surface area contributed by atoms with E-state index in [1.807, 2.05) is 48.5 Å². The van der Waals surface area contributed by atoms with Gasteiger partial charge in [-0.2, -0.15) is 0 Å². The molecule has 0 bridgehead atoms. The van der Waals surface area contributed by atoms with Crippen LogP contribution in [0.4, 0.5) is 5.69 Å². The van der Waals surface area contributed by atoms with E-state index in [1.165, 1.54) is 18.4 Å². The molecule has 1 saturated heterocycles. The summed E-state index contributed by atoms with van der Waals surface area (Å²) in [5.74, 6) is -0.636. The molecule has 0 saturated carbocycles. The van der Waals surface area contributed by atoms with Crippen molar-refractivity contribution in [2.75, 3.05) is 18.4 Å². The topological polar surface area (TPSA) is 74.3 Å². The fourth-order valence-corrected chi connectivity index (χ4v) is 4.14. The predicted octanol–water partition coefficient (Wildman–Crippen LogP) is 3.72. The summed E-state index contributed by atoms with van der Waals surface area (Å²) in [6.07, 6.45) is 4.07. The van der Waals surface area contributed by atoms with Crippen molar-refractivity contribution in [1.82, 2.24) is 15.2 Å². The number of amides is 2. The van der Waals surface area contributed by atoms with Crippen LogP contribution in [0.3, 0.4) is 0 Å². The second-order valence-corrected chi connectivity index (χ2v) is 8.30. The third-order valence-corrected chi connectivity index (χ3v) is 5.75. The lowest BCUT2D eigenvalue weighted by atomic mass is 9.99. The molecule has 3 aromatic rings. The van der Waals surface area contributed by atoms with Crippen LogP contribution < -0.4 is 10.6 Å². The van der Waals surface area contributed by atoms with Crippen molar-refractivity contribution in [3.05, 3.63) is 71.9 Å². The fourth-order valence-electron chi connectivity index (χ4n) is 4.14. The summed E-state index contributed by atoms with van der Waals surface area (Å²) in [5, 5.41) is 6.29. The van der Waals surface area contributed by atoms with Gasteiger partial charge in [0.1, 0.15) is 0 Å². The average molecular weight is 417 g/mol. The maximum atomic E-state index is 12.4. The van der Waals surface area contributed by atoms with Crippen molar-refractivity contribution < 1.29 is 9.59 Å². The number of carbonyl (C=O) groups excluding carboxylic acids is 2. The number of pyridine rings is 1. The summed E-state index contributed by atoms with van der Waals surface area (Å²) in [6.45, 7) is 5.69. The van der Waals surface area contributed by atoms with Gasteiger partial charge in [0, 0.05) is 25.0 Å². The van der Waals surface area contributed by atoms with E-state index < -0.39 is 11.8 Å². The number of hydrogen-bond acceptors (Lipinski definition) is 4. The summed E-state index contributed by atoms with van der Waals surface area (Å²) in [5.41, 5.74) is 3.56. The molecule has 31 heavy (non-hydrogen) atoms. The summed E-state index contributed by atoms with van der Waals surface area (Å²) in [7, 11) is 0. The molecule has 1 aliphatic rings. The van der Waals surface area contributed by atoms with Gasteiger partial charge in [-0.05, 0) is 48.6 Å². The number of benzene rings is 2. The molecule has 0 spiro atoms. The minimum Gasteiger partial charge on any atom is -0.344 e. The second kappa shape index (κ2) is 9.71. The Labute approximate surface area is 182 Å². The van der Waals surface area contributed by atoms with Gasteiger partial charge in [0.15, 0.2) is 0 Å². The lowest BCUT2D eigenvalue weighted by molar-refractivity contribution is -0.136. The van der Waals surface area contributed by atoms with Gasteiger partial charge in [-0.25, -0.2) is 0 Å². The summed E-state index contributed by atoms with van der Waals surface area (Å²) < 4.78 is 0. The Bertz CT molecular complexity index is 1080. The van der Waals surface area contributed by atoms with Crippen molar-refractivity contribution >= 4 is 28.4 Å². The van der Waals surface area contributed by atoms with E-state index in [0.29, 0.717) is 18.2 Å². The Kier molecular flexibility index (Phi) is 6.57. The number of para-hydroxylation sites is 1. The highest BCUT2D eigenvalue weighted by molar-refractivity contribution is 6.39. The Morgan fingerprint density at radius 1 is 1.06 bits per heavy atom. The molecule has 4 rings (SSSR count). The smallest absolute Gasteiger partial charge is 0.313 e. The molecule has 0 radical (unpaired) electrons. The van der Waals surface area contributed by atoms with Crippen LogP contribution in [-0.2, 0) is 22.7 Å². The molecule has 160 valence electrons. The van der Waals surface area contributed by atoms with Crippen LogP contribution in [0.2, 0.25) is 0 Å². The quantitative estimate of drug-likeness (QED) is 0.622. The zero-order valence-corrected chi connectivity index (χ0v) is 17.8. The first kappa shape index (κ1) is 21.0. The van der Waals surface area contributed by atoms with Crippen LogP contribution in [0.25, 0.3) is 10.9 Å². The first-order valence-corrected chi connectivity index (χ1v) is 10.8. The molecule has 6 heteroatoms. The molecule has 1 aliphatic heterocycles. The van der Waals surface area contributed by atoms with E-state index in [0.717, 1.165) is 36.1 Å². The number of aromatic nitrogens is 1. The molecule has 2 N–H and O–H groups in total. The van der Waals surface area contributed by atoms with Crippen molar-refractivity contribution in [1.29, 1.82) is 0 Å². The van der Waals surface area contributed by atoms with Gasteiger partial charge in [-0.3, -0.25) is 19.5 Å². The van der Waals surface area contributed by atoms with E-state index in [4.69, 9.17) is 0 Å². The zero-order valence-electron chi connectivity index (χ0n) is 17.8. The second-order valence-electron chi connectivity index (χ2n) is 8.30. The molecule has 2 heterocycles. The largest absolute Gasteiger partial charge is 0.344 e. The van der Waals surface area contributed by atoms with Crippen LogP contribution >= 0.6 is 0 Å². The molecule has 2 amide bonds. The summed E-state index contributed by atoms with van der Waals surface area (Å²) >= 11 is 0. The van der Waals surface area contributed by atoms with Crippen LogP contribution in [0.5, 0.6) is 0 Å². The van der Waals surface area contributed by atoms with Crippen molar-refractivity contribution in [2.24, 2.45) is 5.92 Å². The maximum absolute atomic E-state index is 12.4. The van der Waals surface area contributed by atoms with Crippen molar-refractivity contribution in [3.8, 4) is 0 Å². The van der Waals surface area contributed by atoms with Crippen LogP contribution in [0.15, 0.2) is 60.8 Å². The summed E-state index contributed by atoms with van der Waals surface area (Å²) in [4.78, 5) is 31.5. The number of rotatable bonds is 5. The standard InChI is InChI=1S/C25H28N4O2/c1-18-7-6-12-29(16-18)17-21-10-3-2-9-20(21)14-27-24(30)25(31)28-22-13-19-8-4-5-11-23(19)26-15-22/h2-5,8-11,13,15,18H,6-7,12,14,16-17H2,1H3,(H,27,30)(H,28,31). The molecule has 1 aromatic heterocycles. The number of nitrogens with one attached hydrogen (secondary N) is 2. The number of carbonyl (C=O) groups is 2. The lowest BCUT2D eigenvalue weighted by Gasteiger charge is -2.31. The monoisotopic (exact) mass is 416 g/mol. The molecule has 1 fully saturated rings. The average Bonchev–Trinajstić information content (AvgIpc) is 2.78. The number of fused-ring (bicyclic) bond motifs is 1. The molecule has 1 unspecified atom stereocenters. The van der Waals surface area contributed by atoms with E-state index in [1.54, 1.807) is 6.20 Å². The number of nitrogens with zero attached hydrogens (tertiary/aromatic N) is 2. The highest BCUT2D eigenvalue weighted by Crippen LogP contribution is 2.20. The van der Waals surface area contributed by atoms with E-state index in [2.05, 4.69) is 33.5 Å². The first-order chi connectivity index (χ1) is 15.1. The number of likely N-dealkylation sites (tertiary alicyclic amines) is 1. The zero-order chi connectivity index (χ0) is 21.6. The maximum Gasteiger partial charge on any atom is 0.313 e. The highest BCUT2D eigenvalue weighted by Gasteiger charge is 2.18. The minimum absolute atomic E-state index is 0.321. The predicted molar refractivity (Wildman–Crippen MR) is 122 cm³/mol. The molecule has 6 nitrogen and oxygen atoms in total. The summed E-state index contributed by atoms with van der Waals surface area (Å²) in [6, 6.07) is 17.5. The number of hydrogen-bond donors (Lipinski definition) is 2. The third kappa shape index (κ3) is 5.47. The van der Waals surface area contributed by atoms with Crippen LogP contribution in [0.1, 0.15) is 30.9 Å². The third-order valence-electron chi connectivity index (χ3n) is 5.75. The van der Waals surface area contributed by atoms with Crippen LogP contribution in [0, 0.1) is 5.92 Å². The SMILES string of the molecule is CC1CCCN(Cc2ccccc2CNC(=O)C(=O)Nc2cnc3ccccc3c2)C1. The lowest BCUT2D eigenvalue weighted by Crippen LogP contribution is -2.36. The van der Waals surface area contributed by atoms with Crippen molar-refractivity contribution in [2.45, 2.75) is 32.9 Å². The number of anilines is 1. The van der Waals surface area contributed by atoms with Crippen molar-refractivity contribution in [3.63, 3.8) is 0 Å². The molecular formula is C25H28N4O2. The van der Waals surface area contributed by atoms with Gasteiger partial charge in [-0.1, -0.05) is 49.4 Å². The Morgan fingerprint density at radius 3 is 2.68 bits per heavy atom. The van der Waals surface area contributed by atoms with Gasteiger partial charge in [0.2, 0.25) is 0 Å². The normalized spacial score (nSPS) is 16.7. The molecule has 1 atom stereocenters. The fraction of sp³-hybridized carbons (Fsp3) is 0.320. The minimum atomic E-state index is -0.695. The molecule has 0 aliphatic carbocycles.